The van der Waals surface area contributed by atoms with E-state index in [0.717, 1.165) is 0 Å². The van der Waals surface area contributed by atoms with Crippen LogP contribution in [0.4, 0.5) is 0 Å². The number of hydrogen-bond acceptors (Lipinski definition) is 1. The maximum Gasteiger partial charge on any atom is 1.00 e. The number of hydrogen-bond donors (Lipinski definition) is 0. The molecule has 0 amide bonds. The van der Waals surface area contributed by atoms with E-state index in [9.17, 15) is 0 Å². The Morgan fingerprint density at radius 3 is 2.64 bits per heavy atom. The summed E-state index contributed by atoms with van der Waals surface area (Å²) in [4.78, 5) is 1.43. The van der Waals surface area contributed by atoms with Gasteiger partial charge in [-0.2, -0.15) is 0 Å². The molecule has 0 atom stereocenters. The molecule has 14 heavy (non-hydrogen) atoms. The minimum Gasteiger partial charge on any atom is -0.225 e. The molecule has 1 aliphatic rings. The summed E-state index contributed by atoms with van der Waals surface area (Å²) in [5.74, 6) is 0. The zero-order chi connectivity index (χ0) is 9.31. The van der Waals surface area contributed by atoms with E-state index in [1.165, 1.54) is 10.5 Å². The van der Waals surface area contributed by atoms with Crippen LogP contribution in [0.1, 0.15) is 18.7 Å². The quantitative estimate of drug-likeness (QED) is 0.479. The molecule has 1 aromatic heterocycles. The Bertz CT molecular complexity index is 309. The van der Waals surface area contributed by atoms with Crippen molar-refractivity contribution in [2.75, 3.05) is 0 Å². The zero-order valence-corrected chi connectivity index (χ0v) is 9.77. The molecule has 0 nitrogen and oxygen atoms in total. The van der Waals surface area contributed by atoms with E-state index in [4.69, 9.17) is 0 Å². The van der Waals surface area contributed by atoms with Crippen molar-refractivity contribution in [2.45, 2.75) is 19.3 Å². The zero-order valence-electron chi connectivity index (χ0n) is 8.95. The van der Waals surface area contributed by atoms with Gasteiger partial charge >= 0.3 is 18.9 Å². The first-order chi connectivity index (χ1) is 6.21. The second kappa shape index (κ2) is 4.62. The molecule has 0 unspecified atom stereocenters. The van der Waals surface area contributed by atoms with Crippen molar-refractivity contribution in [3.8, 4) is 0 Å². The van der Waals surface area contributed by atoms with Crippen molar-refractivity contribution in [1.29, 1.82) is 0 Å². The van der Waals surface area contributed by atoms with Crippen LogP contribution in [-0.4, -0.2) is 0 Å². The molecule has 1 aromatic rings. The molecule has 0 bridgehead atoms. The molecule has 0 saturated carbocycles. The molecule has 1 aliphatic carbocycles. The van der Waals surface area contributed by atoms with Crippen molar-refractivity contribution in [1.82, 2.24) is 0 Å². The SMILES string of the molecule is CC(C)(C1=C[CH][CH][CH-]1)c1cccs1.[Li+]. The van der Waals surface area contributed by atoms with Crippen molar-refractivity contribution >= 4 is 11.3 Å². The fourth-order valence-corrected chi connectivity index (χ4v) is 2.44. The Kier molecular flexibility index (Phi) is 3.95. The summed E-state index contributed by atoms with van der Waals surface area (Å²) in [5, 5.41) is 2.14. The predicted molar refractivity (Wildman–Crippen MR) is 58.3 cm³/mol. The van der Waals surface area contributed by atoms with Gasteiger partial charge in [-0.1, -0.05) is 19.9 Å². The number of allylic oxidation sites excluding steroid dienone is 2. The Morgan fingerprint density at radius 2 is 2.14 bits per heavy atom. The fourth-order valence-electron chi connectivity index (χ4n) is 1.57. The summed E-state index contributed by atoms with van der Waals surface area (Å²) < 4.78 is 0. The summed E-state index contributed by atoms with van der Waals surface area (Å²) in [5.41, 5.74) is 1.56. The molecule has 0 fully saturated rings. The van der Waals surface area contributed by atoms with E-state index in [-0.39, 0.29) is 24.3 Å². The fraction of sp³-hybridized carbons (Fsp3) is 0.250. The van der Waals surface area contributed by atoms with Crippen LogP contribution in [0.2, 0.25) is 0 Å². The van der Waals surface area contributed by atoms with Crippen molar-refractivity contribution in [3.63, 3.8) is 0 Å². The van der Waals surface area contributed by atoms with Gasteiger partial charge < -0.3 is 0 Å². The Labute approximate surface area is 103 Å². The smallest absolute Gasteiger partial charge is 0.225 e. The van der Waals surface area contributed by atoms with Gasteiger partial charge in [0, 0.05) is 4.88 Å². The van der Waals surface area contributed by atoms with E-state index in [1.807, 2.05) is 11.3 Å². The van der Waals surface area contributed by atoms with Crippen molar-refractivity contribution in [2.24, 2.45) is 0 Å². The van der Waals surface area contributed by atoms with Gasteiger partial charge in [0.15, 0.2) is 0 Å². The van der Waals surface area contributed by atoms with Crippen LogP contribution in [0, 0.1) is 19.3 Å². The Morgan fingerprint density at radius 1 is 1.36 bits per heavy atom. The first-order valence-electron chi connectivity index (χ1n) is 4.47. The van der Waals surface area contributed by atoms with Crippen LogP contribution in [0.3, 0.4) is 0 Å². The van der Waals surface area contributed by atoms with E-state index in [0.29, 0.717) is 0 Å². The third kappa shape index (κ3) is 2.11. The van der Waals surface area contributed by atoms with Crippen LogP contribution >= 0.6 is 11.3 Å². The van der Waals surface area contributed by atoms with Gasteiger partial charge in [0.2, 0.25) is 0 Å². The molecule has 0 spiro atoms. The minimum atomic E-state index is 0. The van der Waals surface area contributed by atoms with Crippen molar-refractivity contribution < 1.29 is 18.9 Å². The molecular formula is C12H13LiS. The van der Waals surface area contributed by atoms with Crippen LogP contribution in [-0.2, 0) is 5.41 Å². The van der Waals surface area contributed by atoms with Crippen LogP contribution in [0.15, 0.2) is 29.2 Å². The molecule has 2 heteroatoms. The Balaban J connectivity index is 0.000000980. The van der Waals surface area contributed by atoms with Crippen LogP contribution in [0.25, 0.3) is 0 Å². The molecule has 0 aromatic carbocycles. The van der Waals surface area contributed by atoms with E-state index < -0.39 is 0 Å². The van der Waals surface area contributed by atoms with Gasteiger partial charge in [0.25, 0.3) is 0 Å². The summed E-state index contributed by atoms with van der Waals surface area (Å²) in [6.07, 6.45) is 8.59. The van der Waals surface area contributed by atoms with E-state index >= 15 is 0 Å². The van der Waals surface area contributed by atoms with Crippen molar-refractivity contribution in [3.05, 3.63) is 53.3 Å². The summed E-state index contributed by atoms with van der Waals surface area (Å²) >= 11 is 1.83. The maximum atomic E-state index is 2.27. The largest absolute Gasteiger partial charge is 1.00 e. The Hall–Kier alpha value is -0.0926. The molecule has 0 N–H and O–H groups in total. The summed E-state index contributed by atoms with van der Waals surface area (Å²) in [7, 11) is 0. The standard InChI is InChI=1S/C12H13S.Li/c1-12(2,10-6-3-4-7-10)11-8-5-9-13-11;/h3-9H,1-2H3;/q-1;+1. The molecular weight excluding hydrogens is 183 g/mol. The second-order valence-corrected chi connectivity index (χ2v) is 4.72. The molecule has 68 valence electrons. The van der Waals surface area contributed by atoms with E-state index in [2.05, 4.69) is 56.7 Å². The molecule has 2 radical (unpaired) electrons. The van der Waals surface area contributed by atoms with Gasteiger partial charge in [-0.25, -0.2) is 18.1 Å². The molecule has 2 rings (SSSR count). The average Bonchev–Trinajstić information content (AvgIpc) is 2.78. The number of rotatable bonds is 2. The monoisotopic (exact) mass is 196 g/mol. The van der Waals surface area contributed by atoms with Crippen LogP contribution < -0.4 is 18.9 Å². The minimum absolute atomic E-state index is 0. The molecule has 1 heterocycles. The normalized spacial score (nSPS) is 15.7. The first-order valence-corrected chi connectivity index (χ1v) is 5.35. The molecule has 0 aliphatic heterocycles. The van der Waals surface area contributed by atoms with Gasteiger partial charge in [-0.15, -0.1) is 24.2 Å². The molecule has 0 saturated heterocycles. The average molecular weight is 196 g/mol. The van der Waals surface area contributed by atoms with Gasteiger partial charge in [-0.05, 0) is 16.9 Å². The van der Waals surface area contributed by atoms with Gasteiger partial charge in [0.1, 0.15) is 0 Å². The van der Waals surface area contributed by atoms with Crippen LogP contribution in [0.5, 0.6) is 0 Å². The second-order valence-electron chi connectivity index (χ2n) is 3.78. The topological polar surface area (TPSA) is 0 Å². The van der Waals surface area contributed by atoms with Gasteiger partial charge in [0.05, 0.1) is 0 Å². The maximum absolute atomic E-state index is 2.27. The summed E-state index contributed by atoms with van der Waals surface area (Å²) in [6, 6.07) is 4.32. The third-order valence-corrected chi connectivity index (χ3v) is 3.72. The van der Waals surface area contributed by atoms with Gasteiger partial charge in [-0.3, -0.25) is 0 Å². The van der Waals surface area contributed by atoms with E-state index in [1.54, 1.807) is 0 Å². The number of thiophene rings is 1. The first kappa shape index (κ1) is 12.0. The third-order valence-electron chi connectivity index (χ3n) is 2.52. The predicted octanol–water partition coefficient (Wildman–Crippen LogP) is 0.583. The summed E-state index contributed by atoms with van der Waals surface area (Å²) in [6.45, 7) is 4.54.